The van der Waals surface area contributed by atoms with Crippen LogP contribution in [0.2, 0.25) is 0 Å². The van der Waals surface area contributed by atoms with Gasteiger partial charge in [-0.25, -0.2) is 0 Å². The molecule has 6 nitrogen and oxygen atoms in total. The standard InChI is InChI=1S/C24H20N4O2/c1-24(2)14-15-10-11-20(18-8-5-9-21(25-24)23(15)18)27-26-19-12-13-22(28(29)30)17-7-4-3-6-16(17)19/h3-13,25H,14H2,1-2H3. The fourth-order valence-electron chi connectivity index (χ4n) is 4.31. The van der Waals surface area contributed by atoms with Crippen molar-refractivity contribution in [2.45, 2.75) is 25.8 Å². The molecule has 4 aromatic rings. The van der Waals surface area contributed by atoms with Crippen LogP contribution in [0, 0.1) is 10.1 Å². The monoisotopic (exact) mass is 396 g/mol. The van der Waals surface area contributed by atoms with E-state index in [9.17, 15) is 10.1 Å². The Kier molecular flexibility index (Phi) is 4.03. The molecule has 0 radical (unpaired) electrons. The van der Waals surface area contributed by atoms with Gasteiger partial charge in [-0.2, -0.15) is 0 Å². The Morgan fingerprint density at radius 3 is 2.30 bits per heavy atom. The lowest BCUT2D eigenvalue weighted by molar-refractivity contribution is -0.383. The van der Waals surface area contributed by atoms with Gasteiger partial charge in [-0.05, 0) is 50.1 Å². The average Bonchev–Trinajstić information content (AvgIpc) is 2.72. The van der Waals surface area contributed by atoms with Gasteiger partial charge in [0, 0.05) is 33.5 Å². The third kappa shape index (κ3) is 2.97. The van der Waals surface area contributed by atoms with Gasteiger partial charge in [0.15, 0.2) is 0 Å². The summed E-state index contributed by atoms with van der Waals surface area (Å²) >= 11 is 0. The van der Waals surface area contributed by atoms with E-state index in [1.54, 1.807) is 18.2 Å². The largest absolute Gasteiger partial charge is 0.379 e. The Morgan fingerprint density at radius 1 is 0.867 bits per heavy atom. The molecule has 1 aliphatic heterocycles. The number of fused-ring (bicyclic) bond motifs is 1. The molecule has 1 heterocycles. The summed E-state index contributed by atoms with van der Waals surface area (Å²) in [5.41, 5.74) is 3.86. The molecular formula is C24H20N4O2. The lowest BCUT2D eigenvalue weighted by atomic mass is 9.86. The van der Waals surface area contributed by atoms with Crippen LogP contribution in [0.4, 0.5) is 22.7 Å². The van der Waals surface area contributed by atoms with Crippen LogP contribution >= 0.6 is 0 Å². The molecule has 0 atom stereocenters. The lowest BCUT2D eigenvalue weighted by Gasteiger charge is -2.34. The summed E-state index contributed by atoms with van der Waals surface area (Å²) < 4.78 is 0. The minimum atomic E-state index is -0.371. The van der Waals surface area contributed by atoms with Crippen LogP contribution in [0.1, 0.15) is 19.4 Å². The number of nitrogens with one attached hydrogen (secondary N) is 1. The first kappa shape index (κ1) is 18.2. The molecule has 0 fully saturated rings. The number of nitrogens with zero attached hydrogens (tertiary/aromatic N) is 3. The fourth-order valence-corrected chi connectivity index (χ4v) is 4.31. The molecule has 148 valence electrons. The van der Waals surface area contributed by atoms with Crippen molar-refractivity contribution in [1.29, 1.82) is 0 Å². The molecule has 0 saturated carbocycles. The van der Waals surface area contributed by atoms with Gasteiger partial charge < -0.3 is 5.32 Å². The number of anilines is 1. The van der Waals surface area contributed by atoms with Gasteiger partial charge in [-0.15, -0.1) is 10.2 Å². The van der Waals surface area contributed by atoms with E-state index in [0.29, 0.717) is 16.5 Å². The Morgan fingerprint density at radius 2 is 1.53 bits per heavy atom. The van der Waals surface area contributed by atoms with E-state index in [-0.39, 0.29) is 16.1 Å². The number of hydrogen-bond donors (Lipinski definition) is 1. The smallest absolute Gasteiger partial charge is 0.277 e. The van der Waals surface area contributed by atoms with E-state index in [0.717, 1.165) is 23.2 Å². The molecule has 30 heavy (non-hydrogen) atoms. The van der Waals surface area contributed by atoms with Crippen LogP contribution in [0.15, 0.2) is 77.0 Å². The summed E-state index contributed by atoms with van der Waals surface area (Å²) in [5, 5.41) is 27.4. The predicted octanol–water partition coefficient (Wildman–Crippen LogP) is 7.06. The van der Waals surface area contributed by atoms with Crippen LogP contribution in [-0.2, 0) is 6.42 Å². The molecule has 0 amide bonds. The minimum absolute atomic E-state index is 0.00197. The number of hydrogen-bond acceptors (Lipinski definition) is 5. The molecule has 1 N–H and O–H groups in total. The van der Waals surface area contributed by atoms with Crippen LogP contribution < -0.4 is 5.32 Å². The van der Waals surface area contributed by atoms with E-state index < -0.39 is 0 Å². The Labute approximate surface area is 173 Å². The molecule has 0 unspecified atom stereocenters. The second-order valence-electron chi connectivity index (χ2n) is 8.26. The number of azo groups is 1. The van der Waals surface area contributed by atoms with Crippen molar-refractivity contribution in [1.82, 2.24) is 0 Å². The topological polar surface area (TPSA) is 79.9 Å². The van der Waals surface area contributed by atoms with Crippen molar-refractivity contribution in [2.24, 2.45) is 10.2 Å². The highest BCUT2D eigenvalue weighted by Gasteiger charge is 2.26. The van der Waals surface area contributed by atoms with E-state index in [2.05, 4.69) is 47.6 Å². The number of nitro groups is 1. The fraction of sp³-hybridized carbons (Fsp3) is 0.167. The maximum absolute atomic E-state index is 11.3. The van der Waals surface area contributed by atoms with Gasteiger partial charge in [0.2, 0.25) is 0 Å². The van der Waals surface area contributed by atoms with Gasteiger partial charge in [0.1, 0.15) is 0 Å². The Balaban J connectivity index is 1.63. The van der Waals surface area contributed by atoms with E-state index in [1.807, 2.05) is 24.3 Å². The van der Waals surface area contributed by atoms with Crippen LogP contribution in [0.25, 0.3) is 21.5 Å². The van der Waals surface area contributed by atoms with Gasteiger partial charge in [0.05, 0.1) is 21.7 Å². The molecule has 0 bridgehead atoms. The molecule has 4 aromatic carbocycles. The van der Waals surface area contributed by atoms with Crippen molar-refractivity contribution in [2.75, 3.05) is 5.32 Å². The zero-order valence-corrected chi connectivity index (χ0v) is 16.7. The van der Waals surface area contributed by atoms with Crippen molar-refractivity contribution in [3.05, 3.63) is 82.4 Å². The molecule has 0 aliphatic carbocycles. The molecule has 6 heteroatoms. The summed E-state index contributed by atoms with van der Waals surface area (Å²) in [6.07, 6.45) is 0.935. The van der Waals surface area contributed by atoms with E-state index >= 15 is 0 Å². The maximum Gasteiger partial charge on any atom is 0.277 e. The minimum Gasteiger partial charge on any atom is -0.379 e. The van der Waals surface area contributed by atoms with Crippen molar-refractivity contribution in [3.8, 4) is 0 Å². The quantitative estimate of drug-likeness (QED) is 0.229. The van der Waals surface area contributed by atoms with Gasteiger partial charge >= 0.3 is 0 Å². The molecule has 5 rings (SSSR count). The summed E-state index contributed by atoms with van der Waals surface area (Å²) in [6, 6.07) is 20.6. The first-order chi connectivity index (χ1) is 14.4. The Hall–Kier alpha value is -3.80. The number of rotatable bonds is 3. The highest BCUT2D eigenvalue weighted by atomic mass is 16.6. The van der Waals surface area contributed by atoms with Crippen molar-refractivity contribution < 1.29 is 4.92 Å². The third-order valence-electron chi connectivity index (χ3n) is 5.55. The number of nitro benzene ring substituents is 1. The van der Waals surface area contributed by atoms with Gasteiger partial charge in [0.25, 0.3) is 5.69 Å². The van der Waals surface area contributed by atoms with Crippen molar-refractivity contribution >= 4 is 44.3 Å². The molecule has 0 spiro atoms. The number of benzene rings is 4. The van der Waals surface area contributed by atoms with Crippen LogP contribution in [-0.4, -0.2) is 10.5 Å². The summed E-state index contributed by atoms with van der Waals surface area (Å²) in [6.45, 7) is 4.39. The predicted molar refractivity (Wildman–Crippen MR) is 120 cm³/mol. The molecular weight excluding hydrogens is 376 g/mol. The first-order valence-corrected chi connectivity index (χ1v) is 9.84. The third-order valence-corrected chi connectivity index (χ3v) is 5.55. The number of non-ortho nitro benzene ring substituents is 1. The summed E-state index contributed by atoms with van der Waals surface area (Å²) in [7, 11) is 0. The van der Waals surface area contributed by atoms with Crippen LogP contribution in [0.3, 0.4) is 0 Å². The first-order valence-electron chi connectivity index (χ1n) is 9.84. The van der Waals surface area contributed by atoms with Crippen LogP contribution in [0.5, 0.6) is 0 Å². The summed E-state index contributed by atoms with van der Waals surface area (Å²) in [4.78, 5) is 11.0. The van der Waals surface area contributed by atoms with Crippen molar-refractivity contribution in [3.63, 3.8) is 0 Å². The Bertz CT molecular complexity index is 1340. The maximum atomic E-state index is 11.3. The zero-order valence-electron chi connectivity index (χ0n) is 16.7. The highest BCUT2D eigenvalue weighted by Crippen LogP contribution is 2.41. The average molecular weight is 396 g/mol. The zero-order chi connectivity index (χ0) is 20.9. The summed E-state index contributed by atoms with van der Waals surface area (Å²) in [5.74, 6) is 0. The SMILES string of the molecule is CC1(C)Cc2ccc(N=Nc3ccc([N+](=O)[O-])c4ccccc34)c3cccc(c23)N1. The van der Waals surface area contributed by atoms with E-state index in [1.165, 1.54) is 17.0 Å². The lowest BCUT2D eigenvalue weighted by Crippen LogP contribution is -2.36. The second kappa shape index (κ2) is 6.62. The second-order valence-corrected chi connectivity index (χ2v) is 8.26. The van der Waals surface area contributed by atoms with E-state index in [4.69, 9.17) is 0 Å². The molecule has 1 aliphatic rings. The molecule has 0 saturated heterocycles. The highest BCUT2D eigenvalue weighted by molar-refractivity contribution is 6.04. The van der Waals surface area contributed by atoms with Gasteiger partial charge in [-0.1, -0.05) is 36.4 Å². The normalized spacial score (nSPS) is 14.9. The van der Waals surface area contributed by atoms with Gasteiger partial charge in [-0.3, -0.25) is 10.1 Å². The molecule has 0 aromatic heterocycles.